The first kappa shape index (κ1) is 17.1. The van der Waals surface area contributed by atoms with Crippen LogP contribution in [0, 0.1) is 0 Å². The zero-order valence-corrected chi connectivity index (χ0v) is 16.8. The number of nitrogens with zero attached hydrogens (tertiary/aromatic N) is 2. The molecule has 3 aromatic carbocycles. The van der Waals surface area contributed by atoms with Crippen LogP contribution >= 0.6 is 15.9 Å². The normalized spacial score (nSPS) is 15.6. The number of nitrogens with one attached hydrogen (secondary N) is 1. The molecule has 4 nitrogen and oxygen atoms in total. The fourth-order valence-electron chi connectivity index (χ4n) is 3.65. The molecule has 0 spiro atoms. The predicted molar refractivity (Wildman–Crippen MR) is 117 cm³/mol. The van der Waals surface area contributed by atoms with Crippen molar-refractivity contribution in [2.24, 2.45) is 0 Å². The van der Waals surface area contributed by atoms with Crippen LogP contribution in [0.2, 0.25) is 0 Å². The SMILES string of the molecule is COc1ccc([C@H]2C=C(c3ccc(Br)cc3)Nc3nc4ccccc4n32)cc1. The average molecular weight is 432 g/mol. The van der Waals surface area contributed by atoms with Crippen molar-refractivity contribution in [2.75, 3.05) is 12.4 Å². The maximum absolute atomic E-state index is 5.33. The zero-order valence-electron chi connectivity index (χ0n) is 15.3. The number of aromatic nitrogens is 2. The average Bonchev–Trinajstić information content (AvgIpc) is 3.12. The molecule has 1 atom stereocenters. The van der Waals surface area contributed by atoms with Crippen LogP contribution in [0.15, 0.2) is 83.3 Å². The minimum atomic E-state index is 0.0354. The van der Waals surface area contributed by atoms with E-state index in [4.69, 9.17) is 9.72 Å². The second-order valence-corrected chi connectivity index (χ2v) is 7.64. The van der Waals surface area contributed by atoms with E-state index in [1.165, 1.54) is 5.56 Å². The van der Waals surface area contributed by atoms with Gasteiger partial charge in [-0.2, -0.15) is 0 Å². The summed E-state index contributed by atoms with van der Waals surface area (Å²) in [6.07, 6.45) is 2.26. The van der Waals surface area contributed by atoms with Crippen molar-refractivity contribution in [1.82, 2.24) is 9.55 Å². The minimum absolute atomic E-state index is 0.0354. The van der Waals surface area contributed by atoms with Crippen molar-refractivity contribution in [1.29, 1.82) is 0 Å². The van der Waals surface area contributed by atoms with E-state index in [0.717, 1.165) is 38.5 Å². The topological polar surface area (TPSA) is 39.1 Å². The quantitative estimate of drug-likeness (QED) is 0.441. The highest BCUT2D eigenvalue weighted by Gasteiger charge is 2.25. The first-order chi connectivity index (χ1) is 13.7. The lowest BCUT2D eigenvalue weighted by atomic mass is 10.0. The van der Waals surface area contributed by atoms with Crippen LogP contribution in [0.5, 0.6) is 5.75 Å². The van der Waals surface area contributed by atoms with Gasteiger partial charge in [0.1, 0.15) is 5.75 Å². The number of rotatable bonds is 3. The largest absolute Gasteiger partial charge is 0.497 e. The number of allylic oxidation sites excluding steroid dienone is 1. The Morgan fingerprint density at radius 1 is 0.964 bits per heavy atom. The first-order valence-electron chi connectivity index (χ1n) is 9.08. The van der Waals surface area contributed by atoms with E-state index in [1.807, 2.05) is 24.3 Å². The van der Waals surface area contributed by atoms with E-state index in [1.54, 1.807) is 7.11 Å². The molecule has 0 unspecified atom stereocenters. The summed E-state index contributed by atoms with van der Waals surface area (Å²) >= 11 is 3.51. The number of fused-ring (bicyclic) bond motifs is 3. The lowest BCUT2D eigenvalue weighted by Crippen LogP contribution is -2.19. The van der Waals surface area contributed by atoms with Gasteiger partial charge in [0, 0.05) is 10.2 Å². The van der Waals surface area contributed by atoms with Crippen LogP contribution in [-0.4, -0.2) is 16.7 Å². The molecule has 0 radical (unpaired) electrons. The van der Waals surface area contributed by atoms with Crippen LogP contribution in [0.25, 0.3) is 16.7 Å². The van der Waals surface area contributed by atoms with Crippen LogP contribution in [0.1, 0.15) is 17.2 Å². The van der Waals surface area contributed by atoms with Gasteiger partial charge in [0.15, 0.2) is 0 Å². The highest BCUT2D eigenvalue weighted by molar-refractivity contribution is 9.10. The summed E-state index contributed by atoms with van der Waals surface area (Å²) in [6.45, 7) is 0. The van der Waals surface area contributed by atoms with Crippen molar-refractivity contribution < 1.29 is 4.74 Å². The van der Waals surface area contributed by atoms with Crippen molar-refractivity contribution in [2.45, 2.75) is 6.04 Å². The van der Waals surface area contributed by atoms with Crippen molar-refractivity contribution >= 4 is 38.6 Å². The highest BCUT2D eigenvalue weighted by Crippen LogP contribution is 2.37. The van der Waals surface area contributed by atoms with Gasteiger partial charge in [-0.1, -0.05) is 52.3 Å². The zero-order chi connectivity index (χ0) is 19.1. The Labute approximate surface area is 171 Å². The Morgan fingerprint density at radius 2 is 1.71 bits per heavy atom. The molecular weight excluding hydrogens is 414 g/mol. The smallest absolute Gasteiger partial charge is 0.209 e. The summed E-state index contributed by atoms with van der Waals surface area (Å²) < 4.78 is 8.64. The lowest BCUT2D eigenvalue weighted by molar-refractivity contribution is 0.414. The van der Waals surface area contributed by atoms with Gasteiger partial charge < -0.3 is 10.1 Å². The monoisotopic (exact) mass is 431 g/mol. The maximum Gasteiger partial charge on any atom is 0.209 e. The molecule has 0 saturated heterocycles. The van der Waals surface area contributed by atoms with Crippen LogP contribution in [-0.2, 0) is 0 Å². The summed E-state index contributed by atoms with van der Waals surface area (Å²) in [7, 11) is 1.69. The number of halogens is 1. The van der Waals surface area contributed by atoms with Gasteiger partial charge >= 0.3 is 0 Å². The number of methoxy groups -OCH3 is 1. The van der Waals surface area contributed by atoms with Crippen LogP contribution in [0.4, 0.5) is 5.95 Å². The van der Waals surface area contributed by atoms with Crippen molar-refractivity contribution in [3.63, 3.8) is 0 Å². The summed E-state index contributed by atoms with van der Waals surface area (Å²) in [5.74, 6) is 1.70. The molecule has 28 heavy (non-hydrogen) atoms. The molecule has 2 heterocycles. The van der Waals surface area contributed by atoms with E-state index < -0.39 is 0 Å². The Morgan fingerprint density at radius 3 is 2.46 bits per heavy atom. The predicted octanol–water partition coefficient (Wildman–Crippen LogP) is 5.86. The van der Waals surface area contributed by atoms with Gasteiger partial charge in [-0.3, -0.25) is 4.57 Å². The van der Waals surface area contributed by atoms with Crippen molar-refractivity contribution in [3.05, 3.63) is 94.5 Å². The van der Waals surface area contributed by atoms with E-state index in [9.17, 15) is 0 Å². The number of benzene rings is 3. The molecule has 1 aliphatic heterocycles. The van der Waals surface area contributed by atoms with Crippen LogP contribution in [0.3, 0.4) is 0 Å². The molecule has 1 aromatic heterocycles. The lowest BCUT2D eigenvalue weighted by Gasteiger charge is -2.26. The maximum atomic E-state index is 5.33. The van der Waals surface area contributed by atoms with E-state index in [-0.39, 0.29) is 6.04 Å². The molecule has 0 amide bonds. The summed E-state index contributed by atoms with van der Waals surface area (Å²) in [6, 6.07) is 24.8. The summed E-state index contributed by atoms with van der Waals surface area (Å²) in [5.41, 5.74) is 5.45. The molecule has 5 heteroatoms. The van der Waals surface area contributed by atoms with Gasteiger partial charge in [-0.05, 0) is 53.6 Å². The summed E-state index contributed by atoms with van der Waals surface area (Å²) in [5, 5.41) is 3.52. The molecular formula is C23H18BrN3O. The third-order valence-electron chi connectivity index (χ3n) is 5.06. The number of hydrogen-bond acceptors (Lipinski definition) is 3. The molecule has 5 rings (SSSR count). The van der Waals surface area contributed by atoms with Gasteiger partial charge in [-0.25, -0.2) is 4.98 Å². The number of anilines is 1. The van der Waals surface area contributed by atoms with Gasteiger partial charge in [0.05, 0.1) is 24.2 Å². The van der Waals surface area contributed by atoms with Gasteiger partial charge in [0.2, 0.25) is 5.95 Å². The van der Waals surface area contributed by atoms with Crippen molar-refractivity contribution in [3.8, 4) is 5.75 Å². The van der Waals surface area contributed by atoms with E-state index >= 15 is 0 Å². The number of ether oxygens (including phenoxy) is 1. The highest BCUT2D eigenvalue weighted by atomic mass is 79.9. The molecule has 4 aromatic rings. The van der Waals surface area contributed by atoms with Gasteiger partial charge in [0.25, 0.3) is 0 Å². The molecule has 0 bridgehead atoms. The molecule has 1 N–H and O–H groups in total. The van der Waals surface area contributed by atoms with E-state index in [0.29, 0.717) is 0 Å². The van der Waals surface area contributed by atoms with Crippen LogP contribution < -0.4 is 10.1 Å². The molecule has 1 aliphatic rings. The Balaban J connectivity index is 1.68. The summed E-state index contributed by atoms with van der Waals surface area (Å²) in [4.78, 5) is 4.83. The Bertz CT molecular complexity index is 1180. The third kappa shape index (κ3) is 2.88. The Kier molecular flexibility index (Phi) is 4.17. The number of para-hydroxylation sites is 2. The minimum Gasteiger partial charge on any atom is -0.497 e. The Hall–Kier alpha value is -3.05. The molecule has 0 saturated carbocycles. The third-order valence-corrected chi connectivity index (χ3v) is 5.59. The van der Waals surface area contributed by atoms with E-state index in [2.05, 4.69) is 80.4 Å². The molecule has 0 aliphatic carbocycles. The standard InChI is InChI=1S/C23H18BrN3O/c1-28-18-12-8-16(9-13-18)22-14-20(15-6-10-17(24)11-7-15)26-23-25-19-4-2-3-5-21(19)27(22)23/h2-14,22H,1H3,(H,25,26)/t22-/m1/s1. The number of imidazole rings is 1. The first-order valence-corrected chi connectivity index (χ1v) is 9.88. The fourth-order valence-corrected chi connectivity index (χ4v) is 3.92. The molecule has 138 valence electrons. The fraction of sp³-hybridized carbons (Fsp3) is 0.0870. The second kappa shape index (κ2) is 6.84. The molecule has 0 fully saturated rings. The second-order valence-electron chi connectivity index (χ2n) is 6.72. The van der Waals surface area contributed by atoms with Gasteiger partial charge in [-0.15, -0.1) is 0 Å². The number of hydrogen-bond donors (Lipinski definition) is 1.